The van der Waals surface area contributed by atoms with Crippen LogP contribution in [0.4, 0.5) is 0 Å². The van der Waals surface area contributed by atoms with Crippen molar-refractivity contribution in [2.45, 2.75) is 32.2 Å². The monoisotopic (exact) mass is 366 g/mol. The van der Waals surface area contributed by atoms with Crippen molar-refractivity contribution in [1.29, 1.82) is 0 Å². The number of nitrogens with one attached hydrogen (secondary N) is 2. The van der Waals surface area contributed by atoms with Gasteiger partial charge in [-0.15, -0.1) is 11.3 Å². The van der Waals surface area contributed by atoms with E-state index in [-0.39, 0.29) is 11.9 Å². The Morgan fingerprint density at radius 2 is 2.33 bits per heavy atom. The topological polar surface area (TPSA) is 58.9 Å². The second-order valence-electron chi connectivity index (χ2n) is 6.35. The van der Waals surface area contributed by atoms with Gasteiger partial charge in [0.2, 0.25) is 0 Å². The first-order chi connectivity index (χ1) is 11.6. The van der Waals surface area contributed by atoms with E-state index in [1.807, 2.05) is 19.2 Å². The number of carbonyl (C=O) groups is 1. The van der Waals surface area contributed by atoms with Gasteiger partial charge in [-0.1, -0.05) is 24.9 Å². The van der Waals surface area contributed by atoms with Crippen molar-refractivity contribution < 1.29 is 4.79 Å². The second kappa shape index (κ2) is 7.68. The van der Waals surface area contributed by atoms with Crippen molar-refractivity contribution in [2.24, 2.45) is 13.0 Å². The summed E-state index contributed by atoms with van der Waals surface area (Å²) in [6, 6.07) is 3.99. The van der Waals surface area contributed by atoms with E-state index < -0.39 is 0 Å². The van der Waals surface area contributed by atoms with Crippen LogP contribution >= 0.6 is 22.9 Å². The molecule has 130 valence electrons. The summed E-state index contributed by atoms with van der Waals surface area (Å²) in [6.45, 7) is 4.11. The summed E-state index contributed by atoms with van der Waals surface area (Å²) in [5.41, 5.74) is 0.850. The minimum Gasteiger partial charge on any atom is -0.347 e. The predicted octanol–water partition coefficient (Wildman–Crippen LogP) is 3.31. The lowest BCUT2D eigenvalue weighted by molar-refractivity contribution is 0.0927. The Kier molecular flexibility index (Phi) is 5.58. The van der Waals surface area contributed by atoms with Crippen molar-refractivity contribution in [3.05, 3.63) is 28.2 Å². The summed E-state index contributed by atoms with van der Waals surface area (Å²) >= 11 is 7.63. The lowest BCUT2D eigenvalue weighted by Crippen LogP contribution is -2.48. The van der Waals surface area contributed by atoms with Gasteiger partial charge in [0.1, 0.15) is 0 Å². The van der Waals surface area contributed by atoms with E-state index in [1.54, 1.807) is 10.9 Å². The Morgan fingerprint density at radius 1 is 1.50 bits per heavy atom. The van der Waals surface area contributed by atoms with Gasteiger partial charge in [0.25, 0.3) is 5.91 Å². The van der Waals surface area contributed by atoms with Crippen LogP contribution in [0.15, 0.2) is 18.3 Å². The first kappa shape index (κ1) is 17.5. The Balaban J connectivity index is 1.66. The predicted molar refractivity (Wildman–Crippen MR) is 98.7 cm³/mol. The molecular weight excluding hydrogens is 344 g/mol. The van der Waals surface area contributed by atoms with Crippen LogP contribution in [0.3, 0.4) is 0 Å². The van der Waals surface area contributed by atoms with E-state index >= 15 is 0 Å². The van der Waals surface area contributed by atoms with Crippen molar-refractivity contribution in [3.8, 4) is 10.6 Å². The highest BCUT2D eigenvalue weighted by molar-refractivity contribution is 7.17. The van der Waals surface area contributed by atoms with E-state index in [1.165, 1.54) is 24.2 Å². The van der Waals surface area contributed by atoms with Crippen LogP contribution in [-0.2, 0) is 7.05 Å². The molecule has 0 aliphatic carbocycles. The molecule has 2 unspecified atom stereocenters. The second-order valence-corrected chi connectivity index (χ2v) is 7.84. The highest BCUT2D eigenvalue weighted by Gasteiger charge is 2.23. The van der Waals surface area contributed by atoms with Gasteiger partial charge >= 0.3 is 0 Å². The zero-order valence-corrected chi connectivity index (χ0v) is 15.6. The fourth-order valence-corrected chi connectivity index (χ4v) is 4.62. The number of aromatic nitrogens is 2. The van der Waals surface area contributed by atoms with Crippen LogP contribution in [0.5, 0.6) is 0 Å². The van der Waals surface area contributed by atoms with E-state index in [4.69, 9.17) is 11.6 Å². The molecule has 1 fully saturated rings. The van der Waals surface area contributed by atoms with Crippen molar-refractivity contribution in [1.82, 2.24) is 20.4 Å². The highest BCUT2D eigenvalue weighted by atomic mass is 35.5. The molecule has 7 heteroatoms. The number of halogens is 1. The van der Waals surface area contributed by atoms with Crippen molar-refractivity contribution in [3.63, 3.8) is 0 Å². The average Bonchev–Trinajstić information content (AvgIpc) is 3.15. The fraction of sp³-hybridized carbons (Fsp3) is 0.529. The van der Waals surface area contributed by atoms with Crippen LogP contribution in [0.1, 0.15) is 35.9 Å². The summed E-state index contributed by atoms with van der Waals surface area (Å²) in [6.07, 6.45) is 5.07. The molecular formula is C17H23ClN4OS. The summed E-state index contributed by atoms with van der Waals surface area (Å²) in [4.78, 5) is 14.2. The van der Waals surface area contributed by atoms with Gasteiger partial charge in [-0.05, 0) is 37.4 Å². The number of nitrogens with zero attached hydrogens (tertiary/aromatic N) is 2. The van der Waals surface area contributed by atoms with Crippen LogP contribution in [-0.4, -0.2) is 34.8 Å². The maximum Gasteiger partial charge on any atom is 0.261 e. The molecule has 0 bridgehead atoms. The Bertz CT molecular complexity index is 690. The van der Waals surface area contributed by atoms with Crippen LogP contribution < -0.4 is 10.6 Å². The minimum atomic E-state index is -0.00603. The Morgan fingerprint density at radius 3 is 3.04 bits per heavy atom. The molecule has 1 amide bonds. The average molecular weight is 367 g/mol. The Labute approximate surface area is 151 Å². The number of hydrogen-bond donors (Lipinski definition) is 2. The number of hydrogen-bond acceptors (Lipinski definition) is 4. The number of carbonyl (C=O) groups excluding carboxylic acids is 1. The number of amides is 1. The third-order valence-electron chi connectivity index (χ3n) is 4.43. The van der Waals surface area contributed by atoms with Crippen molar-refractivity contribution >= 4 is 28.8 Å². The molecule has 1 saturated heterocycles. The molecule has 0 spiro atoms. The summed E-state index contributed by atoms with van der Waals surface area (Å²) < 4.78 is 1.73. The minimum absolute atomic E-state index is 0.00603. The fourth-order valence-electron chi connectivity index (χ4n) is 3.30. The summed E-state index contributed by atoms with van der Waals surface area (Å²) in [5, 5.41) is 11.3. The zero-order valence-electron chi connectivity index (χ0n) is 14.0. The van der Waals surface area contributed by atoms with Crippen LogP contribution in [0, 0.1) is 5.92 Å². The van der Waals surface area contributed by atoms with Gasteiger partial charge in [0.15, 0.2) is 0 Å². The lowest BCUT2D eigenvalue weighted by Gasteiger charge is -2.30. The number of rotatable bonds is 5. The third kappa shape index (κ3) is 3.82. The largest absolute Gasteiger partial charge is 0.347 e. The van der Waals surface area contributed by atoms with Crippen LogP contribution in [0.2, 0.25) is 5.02 Å². The molecule has 2 aromatic heterocycles. The maximum absolute atomic E-state index is 12.5. The van der Waals surface area contributed by atoms with Gasteiger partial charge in [-0.3, -0.25) is 9.48 Å². The van der Waals surface area contributed by atoms with Gasteiger partial charge < -0.3 is 10.6 Å². The molecule has 2 atom stereocenters. The van der Waals surface area contributed by atoms with Gasteiger partial charge in [0.05, 0.1) is 26.7 Å². The maximum atomic E-state index is 12.5. The SMILES string of the molecule is CCCC1CNCC(NC(=O)c2ccc(-c3c(Cl)cnn3C)s2)C1. The first-order valence-corrected chi connectivity index (χ1v) is 9.57. The quantitative estimate of drug-likeness (QED) is 0.853. The number of aryl methyl sites for hydroxylation is 1. The molecule has 3 rings (SSSR count). The van der Waals surface area contributed by atoms with Gasteiger partial charge in [-0.25, -0.2) is 0 Å². The highest BCUT2D eigenvalue weighted by Crippen LogP contribution is 2.33. The first-order valence-electron chi connectivity index (χ1n) is 8.37. The zero-order chi connectivity index (χ0) is 17.1. The van der Waals surface area contributed by atoms with Gasteiger partial charge in [-0.2, -0.15) is 5.10 Å². The molecule has 3 heterocycles. The number of piperidine rings is 1. The molecule has 24 heavy (non-hydrogen) atoms. The Hall–Kier alpha value is -1.37. The smallest absolute Gasteiger partial charge is 0.261 e. The standard InChI is InChI=1S/C17H23ClN4OS/c1-3-4-11-7-12(9-19-8-11)21-17(23)15-6-5-14(24-15)16-13(18)10-20-22(16)2/h5-6,10-12,19H,3-4,7-9H2,1-2H3,(H,21,23). The van der Waals surface area contributed by atoms with E-state index in [0.717, 1.165) is 30.1 Å². The van der Waals surface area contributed by atoms with Gasteiger partial charge in [0, 0.05) is 19.6 Å². The molecule has 2 N–H and O–H groups in total. The molecule has 1 aliphatic heterocycles. The summed E-state index contributed by atoms with van der Waals surface area (Å²) in [5.74, 6) is 0.648. The lowest BCUT2D eigenvalue weighted by atomic mass is 9.92. The normalized spacial score (nSPS) is 21.0. The van der Waals surface area contributed by atoms with Crippen LogP contribution in [0.25, 0.3) is 10.6 Å². The van der Waals surface area contributed by atoms with E-state index in [9.17, 15) is 4.79 Å². The molecule has 5 nitrogen and oxygen atoms in total. The number of thiophene rings is 1. The molecule has 1 aliphatic rings. The third-order valence-corrected chi connectivity index (χ3v) is 5.80. The molecule has 0 aromatic carbocycles. The molecule has 0 radical (unpaired) electrons. The molecule has 2 aromatic rings. The van der Waals surface area contributed by atoms with E-state index in [2.05, 4.69) is 22.7 Å². The van der Waals surface area contributed by atoms with E-state index in [0.29, 0.717) is 15.8 Å². The van der Waals surface area contributed by atoms with Crippen molar-refractivity contribution in [2.75, 3.05) is 13.1 Å². The summed E-state index contributed by atoms with van der Waals surface area (Å²) in [7, 11) is 1.85. The molecule has 0 saturated carbocycles.